The molecule has 1 fully saturated rings. The van der Waals surface area contributed by atoms with Crippen molar-refractivity contribution in [3.8, 4) is 11.1 Å². The lowest BCUT2D eigenvalue weighted by molar-refractivity contribution is -0.151. The van der Waals surface area contributed by atoms with Crippen LogP contribution in [0.1, 0.15) is 12.7 Å². The molecule has 3 heterocycles. The molecule has 33 heavy (non-hydrogen) atoms. The number of aromatic amines is 1. The number of imide groups is 2. The van der Waals surface area contributed by atoms with Crippen LogP contribution in [0.4, 0.5) is 4.79 Å². The highest BCUT2D eigenvalue weighted by Crippen LogP contribution is 2.31. The molecule has 1 aliphatic rings. The van der Waals surface area contributed by atoms with Crippen molar-refractivity contribution in [1.29, 1.82) is 0 Å². The van der Waals surface area contributed by atoms with Gasteiger partial charge in [-0.15, -0.1) is 23.1 Å². The van der Waals surface area contributed by atoms with Gasteiger partial charge in [0.2, 0.25) is 0 Å². The molecular formula is C22H20N4O5S2. The number of nitrogens with zero attached hydrogens (tertiary/aromatic N) is 3. The van der Waals surface area contributed by atoms with Gasteiger partial charge in [-0.1, -0.05) is 30.3 Å². The summed E-state index contributed by atoms with van der Waals surface area (Å²) >= 11 is 2.52. The molecule has 1 N–H and O–H groups in total. The van der Waals surface area contributed by atoms with Gasteiger partial charge in [0, 0.05) is 25.0 Å². The summed E-state index contributed by atoms with van der Waals surface area (Å²) in [5, 5.41) is 1.67. The van der Waals surface area contributed by atoms with E-state index in [1.807, 2.05) is 35.7 Å². The molecular weight excluding hydrogens is 464 g/mol. The van der Waals surface area contributed by atoms with Crippen LogP contribution in [0.5, 0.6) is 0 Å². The van der Waals surface area contributed by atoms with E-state index in [4.69, 9.17) is 0 Å². The fourth-order valence-corrected chi connectivity index (χ4v) is 5.37. The highest BCUT2D eigenvalue weighted by molar-refractivity contribution is 7.99. The Labute approximate surface area is 196 Å². The predicted octanol–water partition coefficient (Wildman–Crippen LogP) is 2.51. The maximum atomic E-state index is 12.9. The number of benzene rings is 1. The van der Waals surface area contributed by atoms with Crippen LogP contribution in [0.2, 0.25) is 0 Å². The number of fused-ring (bicyclic) bond motifs is 1. The van der Waals surface area contributed by atoms with E-state index in [0.29, 0.717) is 16.0 Å². The molecule has 1 unspecified atom stereocenters. The van der Waals surface area contributed by atoms with Crippen molar-refractivity contribution in [3.63, 3.8) is 0 Å². The van der Waals surface area contributed by atoms with E-state index >= 15 is 0 Å². The zero-order valence-corrected chi connectivity index (χ0v) is 19.7. The number of nitrogens with one attached hydrogen (secondary N) is 1. The van der Waals surface area contributed by atoms with Crippen molar-refractivity contribution in [2.45, 2.75) is 17.9 Å². The summed E-state index contributed by atoms with van der Waals surface area (Å²) in [5.41, 5.74) is 1.46. The van der Waals surface area contributed by atoms with Gasteiger partial charge in [0.05, 0.1) is 16.4 Å². The van der Waals surface area contributed by atoms with Gasteiger partial charge >= 0.3 is 6.03 Å². The fraction of sp³-hybridized carbons (Fsp3) is 0.273. The summed E-state index contributed by atoms with van der Waals surface area (Å²) in [4.78, 5) is 71.7. The Bertz CT molecular complexity index is 1310. The molecule has 170 valence electrons. The molecule has 9 nitrogen and oxygen atoms in total. The summed E-state index contributed by atoms with van der Waals surface area (Å²) in [6.45, 7) is 1.58. The van der Waals surface area contributed by atoms with Crippen molar-refractivity contribution in [2.75, 3.05) is 14.1 Å². The highest BCUT2D eigenvalue weighted by atomic mass is 32.2. The number of amides is 4. The Morgan fingerprint density at radius 3 is 2.39 bits per heavy atom. The molecule has 0 radical (unpaired) electrons. The smallest absolute Gasteiger partial charge is 0.309 e. The van der Waals surface area contributed by atoms with Crippen LogP contribution in [0.15, 0.2) is 40.5 Å². The Morgan fingerprint density at radius 2 is 1.76 bits per heavy atom. The largest absolute Gasteiger partial charge is 0.332 e. The van der Waals surface area contributed by atoms with Crippen molar-refractivity contribution < 1.29 is 19.2 Å². The van der Waals surface area contributed by atoms with Gasteiger partial charge < -0.3 is 4.98 Å². The molecule has 2 aromatic heterocycles. The number of thioether (sulfide) groups is 1. The summed E-state index contributed by atoms with van der Waals surface area (Å²) in [6.07, 6.45) is 0. The SMILES string of the molecule is CC(SCc1nc2scc(-c3ccccc3)c2c(=O)[nH]1)C(=O)C1C(=O)N(C)C(=O)N(C)C1=O. The van der Waals surface area contributed by atoms with Crippen molar-refractivity contribution in [2.24, 2.45) is 5.92 Å². The minimum Gasteiger partial charge on any atom is -0.309 e. The van der Waals surface area contributed by atoms with Crippen molar-refractivity contribution in [3.05, 3.63) is 51.9 Å². The van der Waals surface area contributed by atoms with E-state index in [1.165, 1.54) is 25.4 Å². The summed E-state index contributed by atoms with van der Waals surface area (Å²) in [7, 11) is 2.47. The molecule has 11 heteroatoms. The number of ketones is 1. The van der Waals surface area contributed by atoms with Crippen molar-refractivity contribution in [1.82, 2.24) is 19.8 Å². The van der Waals surface area contributed by atoms with Crippen LogP contribution in [0.3, 0.4) is 0 Å². The van der Waals surface area contributed by atoms with Crippen LogP contribution in [-0.2, 0) is 20.1 Å². The molecule has 0 bridgehead atoms. The number of thiophene rings is 1. The zero-order valence-electron chi connectivity index (χ0n) is 18.0. The lowest BCUT2D eigenvalue weighted by Gasteiger charge is -2.32. The molecule has 4 rings (SSSR count). The van der Waals surface area contributed by atoms with Crippen LogP contribution in [0, 0.1) is 5.92 Å². The van der Waals surface area contributed by atoms with Gasteiger partial charge in [-0.05, 0) is 12.5 Å². The third-order valence-electron chi connectivity index (χ3n) is 5.46. The van der Waals surface area contributed by atoms with Gasteiger partial charge in [0.1, 0.15) is 10.7 Å². The topological polar surface area (TPSA) is 121 Å². The third-order valence-corrected chi connectivity index (χ3v) is 7.51. The Hall–Kier alpha value is -3.31. The number of aromatic nitrogens is 2. The Kier molecular flexibility index (Phi) is 6.17. The monoisotopic (exact) mass is 484 g/mol. The summed E-state index contributed by atoms with van der Waals surface area (Å²) < 4.78 is 0. The van der Waals surface area contributed by atoms with E-state index in [-0.39, 0.29) is 11.3 Å². The summed E-state index contributed by atoms with van der Waals surface area (Å²) in [5.74, 6) is -3.21. The second-order valence-electron chi connectivity index (χ2n) is 7.57. The number of hydrogen-bond donors (Lipinski definition) is 1. The number of H-pyrrole nitrogens is 1. The minimum absolute atomic E-state index is 0.205. The Balaban J connectivity index is 1.51. The first kappa shape index (κ1) is 22.9. The minimum atomic E-state index is -1.56. The van der Waals surface area contributed by atoms with Gasteiger partial charge in [-0.2, -0.15) is 0 Å². The van der Waals surface area contributed by atoms with E-state index in [2.05, 4.69) is 9.97 Å². The highest BCUT2D eigenvalue weighted by Gasteiger charge is 2.47. The number of urea groups is 1. The fourth-order valence-electron chi connectivity index (χ4n) is 3.56. The summed E-state index contributed by atoms with van der Waals surface area (Å²) in [6, 6.07) is 8.78. The molecule has 1 aliphatic heterocycles. The van der Waals surface area contributed by atoms with E-state index in [1.54, 1.807) is 6.92 Å². The average Bonchev–Trinajstić information content (AvgIpc) is 3.25. The normalized spacial score (nSPS) is 16.0. The number of hydrogen-bond acceptors (Lipinski definition) is 8. The standard InChI is InChI=1S/C22H20N4O5S2/c1-11(17(27)16-20(29)25(2)22(31)26(3)21(16)30)32-10-14-23-18(28)15-13(9-33-19(15)24-14)12-7-5-4-6-8-12/h4-9,11,16H,10H2,1-3H3,(H,23,24,28). The van der Waals surface area contributed by atoms with Gasteiger partial charge in [-0.3, -0.25) is 29.0 Å². The maximum Gasteiger partial charge on any atom is 0.332 e. The quantitative estimate of drug-likeness (QED) is 0.534. The predicted molar refractivity (Wildman–Crippen MR) is 126 cm³/mol. The third kappa shape index (κ3) is 4.09. The zero-order chi connectivity index (χ0) is 23.9. The van der Waals surface area contributed by atoms with Crippen LogP contribution < -0.4 is 5.56 Å². The van der Waals surface area contributed by atoms with Gasteiger partial charge in [0.25, 0.3) is 17.4 Å². The molecule has 3 aromatic rings. The van der Waals surface area contributed by atoms with Gasteiger partial charge in [-0.25, -0.2) is 9.78 Å². The number of rotatable bonds is 6. The maximum absolute atomic E-state index is 12.9. The second kappa shape index (κ2) is 8.91. The van der Waals surface area contributed by atoms with E-state index in [9.17, 15) is 24.0 Å². The molecule has 4 amide bonds. The van der Waals surface area contributed by atoms with E-state index in [0.717, 1.165) is 32.7 Å². The first-order valence-corrected chi connectivity index (χ1v) is 11.9. The van der Waals surface area contributed by atoms with E-state index < -0.39 is 34.8 Å². The Morgan fingerprint density at radius 1 is 1.12 bits per heavy atom. The average molecular weight is 485 g/mol. The molecule has 1 saturated heterocycles. The lowest BCUT2D eigenvalue weighted by atomic mass is 9.97. The van der Waals surface area contributed by atoms with Gasteiger partial charge in [0.15, 0.2) is 11.7 Å². The van der Waals surface area contributed by atoms with Crippen LogP contribution >= 0.6 is 23.1 Å². The van der Waals surface area contributed by atoms with Crippen molar-refractivity contribution >= 4 is 56.9 Å². The number of Topliss-reactive ketones (excluding diaryl/α,β-unsaturated/α-hetero) is 1. The van der Waals surface area contributed by atoms with Crippen LogP contribution in [-0.4, -0.2) is 62.7 Å². The molecule has 0 spiro atoms. The number of carbonyl (C=O) groups is 4. The second-order valence-corrected chi connectivity index (χ2v) is 9.76. The first-order valence-electron chi connectivity index (χ1n) is 10.0. The number of barbiturate groups is 1. The number of carbonyl (C=O) groups excluding carboxylic acids is 4. The lowest BCUT2D eigenvalue weighted by Crippen LogP contribution is -2.59. The van der Waals surface area contributed by atoms with Crippen LogP contribution in [0.25, 0.3) is 21.3 Å². The molecule has 0 saturated carbocycles. The molecule has 1 atom stereocenters. The first-order chi connectivity index (χ1) is 15.7. The molecule has 1 aromatic carbocycles. The molecule has 0 aliphatic carbocycles.